The minimum absolute atomic E-state index is 0.0704. The summed E-state index contributed by atoms with van der Waals surface area (Å²) in [7, 11) is 0. The topological polar surface area (TPSA) is 38.1 Å². The zero-order valence-corrected chi connectivity index (χ0v) is 13.4. The molecule has 1 N–H and O–H groups in total. The number of rotatable bonds is 4. The third-order valence-electron chi connectivity index (χ3n) is 2.76. The monoisotopic (exact) mass is 340 g/mol. The predicted molar refractivity (Wildman–Crippen MR) is 81.1 cm³/mol. The molecule has 1 aromatic carbocycles. The van der Waals surface area contributed by atoms with Gasteiger partial charge in [0.1, 0.15) is 5.82 Å². The number of benzene rings is 1. The molecule has 1 aromatic heterocycles. The van der Waals surface area contributed by atoms with Gasteiger partial charge in [0.15, 0.2) is 11.7 Å². The first-order valence-electron chi connectivity index (χ1n) is 6.51. The highest BCUT2D eigenvalue weighted by atomic mass is 79.9. The van der Waals surface area contributed by atoms with Gasteiger partial charge in [0.25, 0.3) is 0 Å². The third kappa shape index (κ3) is 3.90. The quantitative estimate of drug-likeness (QED) is 0.907. The molecule has 0 bridgehead atoms. The average Bonchev–Trinajstić information content (AvgIpc) is 2.79. The molecule has 20 heavy (non-hydrogen) atoms. The predicted octanol–water partition coefficient (Wildman–Crippen LogP) is 4.17. The molecule has 3 nitrogen and oxygen atoms in total. The van der Waals surface area contributed by atoms with E-state index in [9.17, 15) is 4.39 Å². The molecule has 0 saturated carbocycles. The first-order chi connectivity index (χ1) is 9.37. The van der Waals surface area contributed by atoms with Crippen LogP contribution < -0.4 is 5.32 Å². The van der Waals surface area contributed by atoms with Crippen molar-refractivity contribution in [2.75, 3.05) is 6.54 Å². The lowest BCUT2D eigenvalue weighted by Crippen LogP contribution is -2.37. The molecule has 0 fully saturated rings. The number of nitrogens with one attached hydrogen (secondary N) is 1. The highest BCUT2D eigenvalue weighted by molar-refractivity contribution is 9.10. The van der Waals surface area contributed by atoms with Crippen LogP contribution in [0.4, 0.5) is 4.39 Å². The highest BCUT2D eigenvalue weighted by Crippen LogP contribution is 2.30. The molecule has 0 saturated heterocycles. The molecule has 0 radical (unpaired) electrons. The van der Waals surface area contributed by atoms with Crippen molar-refractivity contribution >= 4 is 15.9 Å². The number of hydrogen-bond acceptors (Lipinski definition) is 3. The Morgan fingerprint density at radius 1 is 1.35 bits per heavy atom. The molecule has 0 aliphatic heterocycles. The Morgan fingerprint density at radius 2 is 2.10 bits per heavy atom. The van der Waals surface area contributed by atoms with E-state index in [-0.39, 0.29) is 11.4 Å². The standard InChI is InChI=1S/C15H18BrFN2O/c1-15(2,3)19-8-7-13-18-9-12(20-13)10-5-4-6-11(17)14(10)16/h4-6,9,19H,7-8H2,1-3H3. The molecule has 1 heterocycles. The van der Waals surface area contributed by atoms with Crippen LogP contribution in [0.2, 0.25) is 0 Å². The van der Waals surface area contributed by atoms with Crippen LogP contribution in [0.1, 0.15) is 26.7 Å². The average molecular weight is 341 g/mol. The van der Waals surface area contributed by atoms with Crippen molar-refractivity contribution < 1.29 is 8.81 Å². The Kier molecular flexibility index (Phi) is 4.60. The van der Waals surface area contributed by atoms with Gasteiger partial charge in [-0.05, 0) is 48.8 Å². The van der Waals surface area contributed by atoms with E-state index in [4.69, 9.17) is 4.42 Å². The van der Waals surface area contributed by atoms with Gasteiger partial charge < -0.3 is 9.73 Å². The molecular weight excluding hydrogens is 323 g/mol. The van der Waals surface area contributed by atoms with Crippen LogP contribution in [0.15, 0.2) is 33.3 Å². The Labute approximate surface area is 126 Å². The van der Waals surface area contributed by atoms with E-state index in [0.29, 0.717) is 28.1 Å². The first kappa shape index (κ1) is 15.2. The zero-order chi connectivity index (χ0) is 14.8. The smallest absolute Gasteiger partial charge is 0.196 e. The van der Waals surface area contributed by atoms with Crippen molar-refractivity contribution in [3.05, 3.63) is 40.6 Å². The molecule has 108 valence electrons. The van der Waals surface area contributed by atoms with Gasteiger partial charge >= 0.3 is 0 Å². The molecule has 0 unspecified atom stereocenters. The second-order valence-corrected chi connectivity index (χ2v) is 6.44. The minimum Gasteiger partial charge on any atom is -0.441 e. The van der Waals surface area contributed by atoms with Crippen LogP contribution in [0.25, 0.3) is 11.3 Å². The molecule has 0 aliphatic carbocycles. The summed E-state index contributed by atoms with van der Waals surface area (Å²) in [6.07, 6.45) is 2.33. The summed E-state index contributed by atoms with van der Waals surface area (Å²) in [6.45, 7) is 7.11. The van der Waals surface area contributed by atoms with Crippen molar-refractivity contribution in [1.82, 2.24) is 10.3 Å². The van der Waals surface area contributed by atoms with Gasteiger partial charge in [0, 0.05) is 24.1 Å². The molecule has 0 spiro atoms. The van der Waals surface area contributed by atoms with Crippen molar-refractivity contribution in [2.45, 2.75) is 32.7 Å². The van der Waals surface area contributed by atoms with Gasteiger partial charge in [0.05, 0.1) is 10.7 Å². The maximum absolute atomic E-state index is 13.5. The zero-order valence-electron chi connectivity index (χ0n) is 11.8. The van der Waals surface area contributed by atoms with E-state index < -0.39 is 0 Å². The number of aromatic nitrogens is 1. The fraction of sp³-hybridized carbons (Fsp3) is 0.400. The van der Waals surface area contributed by atoms with E-state index in [1.54, 1.807) is 18.3 Å². The highest BCUT2D eigenvalue weighted by Gasteiger charge is 2.13. The van der Waals surface area contributed by atoms with Gasteiger partial charge in [-0.15, -0.1) is 0 Å². The number of hydrogen-bond donors (Lipinski definition) is 1. The lowest BCUT2D eigenvalue weighted by Gasteiger charge is -2.19. The van der Waals surface area contributed by atoms with Crippen molar-refractivity contribution in [3.63, 3.8) is 0 Å². The van der Waals surface area contributed by atoms with Crippen LogP contribution >= 0.6 is 15.9 Å². The van der Waals surface area contributed by atoms with Gasteiger partial charge in [-0.25, -0.2) is 9.37 Å². The number of oxazole rings is 1. The largest absolute Gasteiger partial charge is 0.441 e. The molecular formula is C15H18BrFN2O. The van der Waals surface area contributed by atoms with Gasteiger partial charge in [-0.1, -0.05) is 6.07 Å². The minimum atomic E-state index is -0.310. The van der Waals surface area contributed by atoms with Crippen LogP contribution in [0, 0.1) is 5.82 Å². The molecule has 0 amide bonds. The number of halogens is 2. The summed E-state index contributed by atoms with van der Waals surface area (Å²) in [4.78, 5) is 4.23. The summed E-state index contributed by atoms with van der Waals surface area (Å²) in [5.74, 6) is 0.907. The molecule has 5 heteroatoms. The van der Waals surface area contributed by atoms with E-state index in [1.807, 2.05) is 0 Å². The fourth-order valence-electron chi connectivity index (χ4n) is 1.79. The van der Waals surface area contributed by atoms with E-state index in [2.05, 4.69) is 47.0 Å². The molecule has 2 aromatic rings. The lowest BCUT2D eigenvalue weighted by molar-refractivity contribution is 0.411. The summed E-state index contributed by atoms with van der Waals surface area (Å²) >= 11 is 3.23. The molecule has 2 rings (SSSR count). The SMILES string of the molecule is CC(C)(C)NCCc1ncc(-c2cccc(F)c2Br)o1. The second kappa shape index (κ2) is 6.06. The normalized spacial score (nSPS) is 11.8. The Balaban J connectivity index is 2.07. The first-order valence-corrected chi connectivity index (χ1v) is 7.30. The van der Waals surface area contributed by atoms with Crippen LogP contribution in [0.3, 0.4) is 0 Å². The van der Waals surface area contributed by atoms with Crippen molar-refractivity contribution in [3.8, 4) is 11.3 Å². The van der Waals surface area contributed by atoms with Crippen LogP contribution in [0.5, 0.6) is 0 Å². The summed E-state index contributed by atoms with van der Waals surface area (Å²) in [5, 5.41) is 3.37. The maximum atomic E-state index is 13.5. The maximum Gasteiger partial charge on any atom is 0.196 e. The Morgan fingerprint density at radius 3 is 2.80 bits per heavy atom. The van der Waals surface area contributed by atoms with Gasteiger partial charge in [0.2, 0.25) is 0 Å². The van der Waals surface area contributed by atoms with Gasteiger partial charge in [-0.2, -0.15) is 0 Å². The van der Waals surface area contributed by atoms with Crippen molar-refractivity contribution in [1.29, 1.82) is 0 Å². The summed E-state index contributed by atoms with van der Waals surface area (Å²) in [6, 6.07) is 4.85. The second-order valence-electron chi connectivity index (χ2n) is 5.65. The summed E-state index contributed by atoms with van der Waals surface area (Å²) in [5.41, 5.74) is 0.744. The summed E-state index contributed by atoms with van der Waals surface area (Å²) < 4.78 is 19.6. The van der Waals surface area contributed by atoms with Gasteiger partial charge in [-0.3, -0.25) is 0 Å². The molecule has 0 aliphatic rings. The number of nitrogens with zero attached hydrogens (tertiary/aromatic N) is 1. The Hall–Kier alpha value is -1.20. The van der Waals surface area contributed by atoms with Crippen LogP contribution in [-0.2, 0) is 6.42 Å². The fourth-order valence-corrected chi connectivity index (χ4v) is 2.25. The van der Waals surface area contributed by atoms with Crippen LogP contribution in [-0.4, -0.2) is 17.1 Å². The van der Waals surface area contributed by atoms with E-state index in [1.165, 1.54) is 6.07 Å². The van der Waals surface area contributed by atoms with E-state index in [0.717, 1.165) is 6.54 Å². The van der Waals surface area contributed by atoms with E-state index >= 15 is 0 Å². The lowest BCUT2D eigenvalue weighted by atomic mass is 10.1. The Bertz CT molecular complexity index is 590. The third-order valence-corrected chi connectivity index (χ3v) is 3.57. The van der Waals surface area contributed by atoms with Crippen molar-refractivity contribution in [2.24, 2.45) is 0 Å². The molecule has 0 atom stereocenters.